The average molecular weight is 253 g/mol. The number of para-hydroxylation sites is 1. The minimum atomic E-state index is 0.251. The molecule has 1 fully saturated rings. The van der Waals surface area contributed by atoms with Crippen LogP contribution in [0.15, 0.2) is 18.2 Å². The molecule has 1 heterocycles. The van der Waals surface area contributed by atoms with Gasteiger partial charge in [-0.1, -0.05) is 12.1 Å². The van der Waals surface area contributed by atoms with Gasteiger partial charge < -0.3 is 15.2 Å². The van der Waals surface area contributed by atoms with Crippen molar-refractivity contribution in [3.8, 4) is 11.5 Å². The molecule has 1 aromatic rings. The van der Waals surface area contributed by atoms with Gasteiger partial charge in [0.05, 0.1) is 7.11 Å². The van der Waals surface area contributed by atoms with E-state index in [4.69, 9.17) is 4.74 Å². The molecule has 2 rings (SSSR count). The van der Waals surface area contributed by atoms with Gasteiger partial charge >= 0.3 is 0 Å². The third-order valence-corrected chi connectivity index (χ3v) is 4.41. The zero-order chi connectivity index (χ0) is 12.1. The summed E-state index contributed by atoms with van der Waals surface area (Å²) in [6, 6.07) is 5.60. The lowest BCUT2D eigenvalue weighted by Crippen LogP contribution is -2.22. The molecule has 4 heteroatoms. The maximum absolute atomic E-state index is 9.91. The predicted octanol–water partition coefficient (Wildman–Crippen LogP) is 2.39. The monoisotopic (exact) mass is 253 g/mol. The lowest BCUT2D eigenvalue weighted by Gasteiger charge is -2.12. The fourth-order valence-corrected chi connectivity index (χ4v) is 3.28. The van der Waals surface area contributed by atoms with E-state index < -0.39 is 0 Å². The van der Waals surface area contributed by atoms with Crippen LogP contribution >= 0.6 is 11.8 Å². The maximum atomic E-state index is 9.91. The van der Waals surface area contributed by atoms with Crippen LogP contribution in [-0.4, -0.2) is 29.8 Å². The Morgan fingerprint density at radius 3 is 3.12 bits per heavy atom. The van der Waals surface area contributed by atoms with Crippen LogP contribution in [0.1, 0.15) is 18.4 Å². The number of nitrogens with one attached hydrogen (secondary N) is 1. The summed E-state index contributed by atoms with van der Waals surface area (Å²) >= 11 is 2.04. The van der Waals surface area contributed by atoms with Crippen molar-refractivity contribution in [3.63, 3.8) is 0 Å². The zero-order valence-corrected chi connectivity index (χ0v) is 10.9. The summed E-state index contributed by atoms with van der Waals surface area (Å²) < 4.78 is 5.08. The summed E-state index contributed by atoms with van der Waals surface area (Å²) in [5.74, 6) is 2.08. The maximum Gasteiger partial charge on any atom is 0.162 e. The molecule has 0 spiro atoms. The van der Waals surface area contributed by atoms with Crippen molar-refractivity contribution >= 4 is 11.8 Å². The summed E-state index contributed by atoms with van der Waals surface area (Å²) in [5.41, 5.74) is 0.896. The molecular formula is C13H19NO2S. The predicted molar refractivity (Wildman–Crippen MR) is 71.8 cm³/mol. The first kappa shape index (κ1) is 12.6. The summed E-state index contributed by atoms with van der Waals surface area (Å²) in [7, 11) is 1.57. The number of ether oxygens (including phenoxy) is 1. The minimum Gasteiger partial charge on any atom is -0.504 e. The van der Waals surface area contributed by atoms with E-state index in [0.717, 1.165) is 17.4 Å². The largest absolute Gasteiger partial charge is 0.504 e. The Morgan fingerprint density at radius 2 is 2.41 bits per heavy atom. The van der Waals surface area contributed by atoms with Gasteiger partial charge in [0.25, 0.3) is 0 Å². The van der Waals surface area contributed by atoms with Gasteiger partial charge in [0.2, 0.25) is 0 Å². The number of phenolic OH excluding ortho intramolecular Hbond substituents is 1. The van der Waals surface area contributed by atoms with Gasteiger partial charge in [0.1, 0.15) is 0 Å². The van der Waals surface area contributed by atoms with Crippen LogP contribution < -0.4 is 10.1 Å². The molecule has 17 heavy (non-hydrogen) atoms. The van der Waals surface area contributed by atoms with E-state index >= 15 is 0 Å². The number of thioether (sulfide) groups is 1. The first-order chi connectivity index (χ1) is 8.31. The minimum absolute atomic E-state index is 0.251. The van der Waals surface area contributed by atoms with E-state index in [2.05, 4.69) is 5.32 Å². The van der Waals surface area contributed by atoms with Crippen molar-refractivity contribution in [3.05, 3.63) is 23.8 Å². The van der Waals surface area contributed by atoms with Crippen molar-refractivity contribution in [1.82, 2.24) is 5.32 Å². The second-order valence-corrected chi connectivity index (χ2v) is 5.64. The van der Waals surface area contributed by atoms with E-state index in [1.54, 1.807) is 13.2 Å². The van der Waals surface area contributed by atoms with Gasteiger partial charge in [-0.05, 0) is 24.7 Å². The quantitative estimate of drug-likeness (QED) is 0.845. The molecule has 0 bridgehead atoms. The molecule has 1 aromatic carbocycles. The van der Waals surface area contributed by atoms with Crippen LogP contribution in [0.5, 0.6) is 11.5 Å². The number of benzene rings is 1. The molecule has 2 N–H and O–H groups in total. The number of methoxy groups -OCH3 is 1. The molecule has 1 aliphatic rings. The molecular weight excluding hydrogens is 234 g/mol. The highest BCUT2D eigenvalue weighted by Crippen LogP contribution is 2.29. The Balaban J connectivity index is 1.85. The van der Waals surface area contributed by atoms with Crippen LogP contribution in [-0.2, 0) is 6.54 Å². The molecule has 3 nitrogen and oxygen atoms in total. The Labute approximate surface area is 107 Å². The highest BCUT2D eigenvalue weighted by molar-refractivity contribution is 8.00. The molecule has 1 unspecified atom stereocenters. The number of rotatable bonds is 5. The van der Waals surface area contributed by atoms with Gasteiger partial charge in [0, 0.05) is 23.9 Å². The molecule has 1 saturated heterocycles. The summed E-state index contributed by atoms with van der Waals surface area (Å²) in [6.45, 7) is 1.71. The Morgan fingerprint density at radius 1 is 1.53 bits per heavy atom. The third kappa shape index (κ3) is 3.30. The molecule has 94 valence electrons. The lowest BCUT2D eigenvalue weighted by molar-refractivity contribution is 0.369. The lowest BCUT2D eigenvalue weighted by atomic mass is 10.2. The van der Waals surface area contributed by atoms with Crippen molar-refractivity contribution < 1.29 is 9.84 Å². The first-order valence-corrected chi connectivity index (χ1v) is 7.03. The molecule has 0 amide bonds. The van der Waals surface area contributed by atoms with E-state index in [1.165, 1.54) is 18.6 Å². The van der Waals surface area contributed by atoms with Crippen LogP contribution in [0.3, 0.4) is 0 Å². The SMILES string of the molecule is COc1cccc(CNCC2CCCS2)c1O. The van der Waals surface area contributed by atoms with E-state index in [0.29, 0.717) is 12.3 Å². The second-order valence-electron chi connectivity index (χ2n) is 4.23. The Hall–Kier alpha value is -0.870. The molecule has 0 radical (unpaired) electrons. The zero-order valence-electron chi connectivity index (χ0n) is 10.1. The molecule has 1 atom stereocenters. The molecule has 0 aliphatic carbocycles. The van der Waals surface area contributed by atoms with Crippen LogP contribution in [0.2, 0.25) is 0 Å². The highest BCUT2D eigenvalue weighted by Gasteiger charge is 2.15. The molecule has 1 aliphatic heterocycles. The Bertz CT molecular complexity index is 364. The first-order valence-electron chi connectivity index (χ1n) is 5.98. The average Bonchev–Trinajstić information content (AvgIpc) is 2.84. The van der Waals surface area contributed by atoms with Crippen molar-refractivity contribution in [1.29, 1.82) is 0 Å². The van der Waals surface area contributed by atoms with Crippen LogP contribution in [0, 0.1) is 0 Å². The topological polar surface area (TPSA) is 41.5 Å². The van der Waals surface area contributed by atoms with Gasteiger partial charge in [-0.15, -0.1) is 0 Å². The van der Waals surface area contributed by atoms with Crippen molar-refractivity contribution in [2.45, 2.75) is 24.6 Å². The Kier molecular flexibility index (Phi) is 4.57. The summed E-state index contributed by atoms with van der Waals surface area (Å²) in [4.78, 5) is 0. The standard InChI is InChI=1S/C13H19NO2S/c1-16-12-6-2-4-10(13(12)15)8-14-9-11-5-3-7-17-11/h2,4,6,11,14-15H,3,5,7-9H2,1H3. The number of hydrogen-bond donors (Lipinski definition) is 2. The fourth-order valence-electron chi connectivity index (χ4n) is 2.05. The van der Waals surface area contributed by atoms with Gasteiger partial charge in [-0.3, -0.25) is 0 Å². The second kappa shape index (κ2) is 6.17. The van der Waals surface area contributed by atoms with Gasteiger partial charge in [-0.2, -0.15) is 11.8 Å². The number of aromatic hydroxyl groups is 1. The highest BCUT2D eigenvalue weighted by atomic mass is 32.2. The van der Waals surface area contributed by atoms with Crippen molar-refractivity contribution in [2.24, 2.45) is 0 Å². The van der Waals surface area contributed by atoms with E-state index in [-0.39, 0.29) is 5.75 Å². The summed E-state index contributed by atoms with van der Waals surface area (Å²) in [5, 5.41) is 14.0. The van der Waals surface area contributed by atoms with Gasteiger partial charge in [0.15, 0.2) is 11.5 Å². The van der Waals surface area contributed by atoms with Gasteiger partial charge in [-0.25, -0.2) is 0 Å². The summed E-state index contributed by atoms with van der Waals surface area (Å²) in [6.07, 6.45) is 2.64. The van der Waals surface area contributed by atoms with Crippen LogP contribution in [0.4, 0.5) is 0 Å². The van der Waals surface area contributed by atoms with Crippen molar-refractivity contribution in [2.75, 3.05) is 19.4 Å². The molecule has 0 saturated carbocycles. The smallest absolute Gasteiger partial charge is 0.162 e. The number of hydrogen-bond acceptors (Lipinski definition) is 4. The molecule has 0 aromatic heterocycles. The number of phenols is 1. The van der Waals surface area contributed by atoms with E-state index in [1.807, 2.05) is 23.9 Å². The normalized spacial score (nSPS) is 19.5. The van der Waals surface area contributed by atoms with E-state index in [9.17, 15) is 5.11 Å². The van der Waals surface area contributed by atoms with Crippen LogP contribution in [0.25, 0.3) is 0 Å². The third-order valence-electron chi connectivity index (χ3n) is 3.01. The fraction of sp³-hybridized carbons (Fsp3) is 0.538.